The van der Waals surface area contributed by atoms with Gasteiger partial charge < -0.3 is 0 Å². The molecule has 1 nitrogen and oxygen atoms in total. The van der Waals surface area contributed by atoms with Crippen molar-refractivity contribution in [2.24, 2.45) is 0 Å². The van der Waals surface area contributed by atoms with Crippen molar-refractivity contribution in [3.63, 3.8) is 0 Å². The van der Waals surface area contributed by atoms with Crippen molar-refractivity contribution in [3.8, 4) is 0 Å². The van der Waals surface area contributed by atoms with E-state index in [1.165, 1.54) is 42.4 Å². The Labute approximate surface area is 140 Å². The Morgan fingerprint density at radius 1 is 0.957 bits per heavy atom. The molecule has 1 N–H and O–H groups in total. The molecule has 2 aromatic carbocycles. The lowest BCUT2D eigenvalue weighted by molar-refractivity contribution is 0.290. The summed E-state index contributed by atoms with van der Waals surface area (Å²) in [7, 11) is 0. The van der Waals surface area contributed by atoms with Crippen LogP contribution in [0.5, 0.6) is 0 Å². The van der Waals surface area contributed by atoms with Crippen LogP contribution in [0.25, 0.3) is 0 Å². The van der Waals surface area contributed by atoms with Crippen LogP contribution in [0, 0.1) is 0 Å². The highest BCUT2D eigenvalue weighted by Crippen LogP contribution is 2.53. The Morgan fingerprint density at radius 2 is 1.61 bits per heavy atom. The van der Waals surface area contributed by atoms with Crippen LogP contribution in [-0.2, 0) is 11.1 Å². The maximum absolute atomic E-state index is 4.03. The third-order valence-electron chi connectivity index (χ3n) is 6.09. The molecule has 0 fully saturated rings. The zero-order chi connectivity index (χ0) is 16.1. The van der Waals surface area contributed by atoms with Crippen LogP contribution in [0.4, 0.5) is 0 Å². The fraction of sp³-hybridized carbons (Fsp3) is 0.455. The molecule has 2 aromatic rings. The maximum Gasteiger partial charge on any atom is 0.0674 e. The molecule has 23 heavy (non-hydrogen) atoms. The van der Waals surface area contributed by atoms with Crippen molar-refractivity contribution < 1.29 is 0 Å². The van der Waals surface area contributed by atoms with Gasteiger partial charge in [0.15, 0.2) is 0 Å². The molecule has 0 amide bonds. The van der Waals surface area contributed by atoms with Gasteiger partial charge in [-0.05, 0) is 54.9 Å². The second kappa shape index (κ2) is 5.21. The van der Waals surface area contributed by atoms with Crippen LogP contribution in [0.15, 0.2) is 48.5 Å². The number of benzene rings is 2. The van der Waals surface area contributed by atoms with Crippen LogP contribution in [0.1, 0.15) is 74.6 Å². The third kappa shape index (κ3) is 2.10. The highest BCUT2D eigenvalue weighted by molar-refractivity contribution is 5.55. The lowest BCUT2D eigenvalue weighted by Crippen LogP contribution is -2.43. The van der Waals surface area contributed by atoms with E-state index in [0.29, 0.717) is 5.92 Å². The van der Waals surface area contributed by atoms with Gasteiger partial charge >= 0.3 is 0 Å². The quantitative estimate of drug-likeness (QED) is 0.795. The Kier molecular flexibility index (Phi) is 3.39. The van der Waals surface area contributed by atoms with Gasteiger partial charge in [-0.3, -0.25) is 5.32 Å². The van der Waals surface area contributed by atoms with E-state index >= 15 is 0 Å². The van der Waals surface area contributed by atoms with Gasteiger partial charge in [0, 0.05) is 5.54 Å². The largest absolute Gasteiger partial charge is 0.294 e. The first kappa shape index (κ1) is 15.0. The fourth-order valence-electron chi connectivity index (χ4n) is 5.08. The minimum Gasteiger partial charge on any atom is -0.294 e. The fourth-order valence-corrected chi connectivity index (χ4v) is 5.08. The molecule has 2 bridgehead atoms. The molecular weight excluding hydrogens is 278 g/mol. The molecule has 0 aromatic heterocycles. The third-order valence-corrected chi connectivity index (χ3v) is 6.09. The summed E-state index contributed by atoms with van der Waals surface area (Å²) in [6.07, 6.45) is 5.07. The van der Waals surface area contributed by atoms with E-state index in [1.807, 2.05) is 0 Å². The molecule has 2 heterocycles. The summed E-state index contributed by atoms with van der Waals surface area (Å²) in [6, 6.07) is 18.2. The molecule has 0 saturated carbocycles. The first-order valence-electron chi connectivity index (χ1n) is 9.07. The molecule has 1 heteroatoms. The first-order chi connectivity index (χ1) is 11.1. The van der Waals surface area contributed by atoms with Crippen LogP contribution in [0.2, 0.25) is 0 Å². The second-order valence-corrected chi connectivity index (χ2v) is 7.76. The van der Waals surface area contributed by atoms with Crippen molar-refractivity contribution in [2.45, 2.75) is 63.5 Å². The zero-order valence-electron chi connectivity index (χ0n) is 14.5. The molecule has 4 rings (SSSR count). The van der Waals surface area contributed by atoms with E-state index in [0.717, 1.165) is 0 Å². The Balaban J connectivity index is 1.93. The second-order valence-electron chi connectivity index (χ2n) is 7.76. The Hall–Kier alpha value is -1.60. The number of hydrogen-bond acceptors (Lipinski definition) is 1. The van der Waals surface area contributed by atoms with E-state index in [2.05, 4.69) is 74.6 Å². The lowest BCUT2D eigenvalue weighted by Gasteiger charge is -2.30. The van der Waals surface area contributed by atoms with E-state index in [4.69, 9.17) is 0 Å². The van der Waals surface area contributed by atoms with Gasteiger partial charge in [0.1, 0.15) is 0 Å². The Morgan fingerprint density at radius 3 is 2.35 bits per heavy atom. The molecule has 120 valence electrons. The molecule has 0 aliphatic carbocycles. The number of rotatable bonds is 3. The van der Waals surface area contributed by atoms with Crippen LogP contribution in [-0.4, -0.2) is 0 Å². The van der Waals surface area contributed by atoms with E-state index < -0.39 is 0 Å². The van der Waals surface area contributed by atoms with Crippen molar-refractivity contribution in [1.82, 2.24) is 5.32 Å². The molecule has 2 aliphatic heterocycles. The van der Waals surface area contributed by atoms with E-state index in [-0.39, 0.29) is 11.1 Å². The van der Waals surface area contributed by atoms with Crippen LogP contribution < -0.4 is 5.32 Å². The highest BCUT2D eigenvalue weighted by Gasteiger charge is 2.51. The zero-order valence-corrected chi connectivity index (χ0v) is 14.5. The van der Waals surface area contributed by atoms with E-state index in [1.54, 1.807) is 5.56 Å². The monoisotopic (exact) mass is 305 g/mol. The van der Waals surface area contributed by atoms with E-state index in [9.17, 15) is 0 Å². The molecule has 0 unspecified atom stereocenters. The summed E-state index contributed by atoms with van der Waals surface area (Å²) < 4.78 is 0. The normalized spacial score (nSPS) is 31.3. The summed E-state index contributed by atoms with van der Waals surface area (Å²) in [5.74, 6) is 0.652. The van der Waals surface area contributed by atoms with Crippen molar-refractivity contribution in [1.29, 1.82) is 0 Å². The van der Waals surface area contributed by atoms with Gasteiger partial charge in [-0.15, -0.1) is 0 Å². The van der Waals surface area contributed by atoms with Crippen LogP contribution in [0.3, 0.4) is 0 Å². The smallest absolute Gasteiger partial charge is 0.0674 e. The molecule has 2 aliphatic rings. The average Bonchev–Trinajstić information content (AvgIpc) is 2.74. The predicted octanol–water partition coefficient (Wildman–Crippen LogP) is 5.45. The highest BCUT2D eigenvalue weighted by atomic mass is 15.1. The standard InChI is InChI=1S/C22H27N/c1-4-5-10-16-15-21(2)19-13-8-9-14-20(19)22(3,23-21)18-12-7-6-11-17(16)18/h6-9,11-14,16,23H,4-5,10,15H2,1-3H3/t16-,21-,22+/m1/s1. The lowest BCUT2D eigenvalue weighted by atomic mass is 9.73. The molecule has 0 spiro atoms. The van der Waals surface area contributed by atoms with Crippen LogP contribution >= 0.6 is 0 Å². The summed E-state index contributed by atoms with van der Waals surface area (Å²) in [6.45, 7) is 7.07. The van der Waals surface area contributed by atoms with Crippen molar-refractivity contribution in [2.75, 3.05) is 0 Å². The molecule has 3 atom stereocenters. The summed E-state index contributed by atoms with van der Waals surface area (Å²) in [5, 5.41) is 4.03. The van der Waals surface area contributed by atoms with Gasteiger partial charge in [0.25, 0.3) is 0 Å². The molecule has 0 saturated heterocycles. The topological polar surface area (TPSA) is 12.0 Å². The predicted molar refractivity (Wildman–Crippen MR) is 96.7 cm³/mol. The summed E-state index contributed by atoms with van der Waals surface area (Å²) >= 11 is 0. The van der Waals surface area contributed by atoms with Gasteiger partial charge in [-0.1, -0.05) is 68.3 Å². The average molecular weight is 305 g/mol. The minimum absolute atomic E-state index is 0.0666. The van der Waals surface area contributed by atoms with Gasteiger partial charge in [-0.25, -0.2) is 0 Å². The van der Waals surface area contributed by atoms with Crippen molar-refractivity contribution >= 4 is 0 Å². The number of fused-ring (bicyclic) bond motifs is 7. The number of hydrogen-bond donors (Lipinski definition) is 1. The van der Waals surface area contributed by atoms with Gasteiger partial charge in [0.05, 0.1) is 5.54 Å². The number of nitrogens with one attached hydrogen (secondary N) is 1. The minimum atomic E-state index is -0.0666. The number of unbranched alkanes of at least 4 members (excludes halogenated alkanes) is 1. The Bertz CT molecular complexity index is 734. The summed E-state index contributed by atoms with van der Waals surface area (Å²) in [4.78, 5) is 0. The van der Waals surface area contributed by atoms with Crippen molar-refractivity contribution in [3.05, 3.63) is 70.8 Å². The SMILES string of the molecule is CCCC[C@@H]1C[C@@]2(C)N[C@@](C)(c3ccccc31)c1ccccc12. The molecular formula is C22H27N. The van der Waals surface area contributed by atoms with Gasteiger partial charge in [-0.2, -0.15) is 0 Å². The van der Waals surface area contributed by atoms with Gasteiger partial charge in [0.2, 0.25) is 0 Å². The summed E-state index contributed by atoms with van der Waals surface area (Å²) in [5.41, 5.74) is 6.01. The first-order valence-corrected chi connectivity index (χ1v) is 9.07. The maximum atomic E-state index is 4.03. The molecule has 0 radical (unpaired) electrons.